The zero-order valence-corrected chi connectivity index (χ0v) is 12.1. The molecule has 0 fully saturated rings. The molecule has 0 radical (unpaired) electrons. The van der Waals surface area contributed by atoms with Crippen molar-refractivity contribution in [3.63, 3.8) is 0 Å². The van der Waals surface area contributed by atoms with E-state index in [0.717, 1.165) is 0 Å². The minimum Gasteiger partial charge on any atom is -0.456 e. The predicted molar refractivity (Wildman–Crippen MR) is 75.4 cm³/mol. The van der Waals surface area contributed by atoms with Crippen molar-refractivity contribution in [2.45, 2.75) is 0 Å². The molecule has 0 saturated carbocycles. The first kappa shape index (κ1) is 13.2. The van der Waals surface area contributed by atoms with E-state index in [2.05, 4.69) is 22.0 Å². The third kappa shape index (κ3) is 2.97. The normalized spacial score (nSPS) is 9.89. The van der Waals surface area contributed by atoms with Gasteiger partial charge < -0.3 is 4.74 Å². The monoisotopic (exact) mass is 341 g/mol. The van der Waals surface area contributed by atoms with Crippen molar-refractivity contribution in [3.8, 4) is 17.6 Å². The van der Waals surface area contributed by atoms with Crippen LogP contribution in [0.5, 0.6) is 11.5 Å². The van der Waals surface area contributed by atoms with Crippen molar-refractivity contribution < 1.29 is 4.74 Å². The van der Waals surface area contributed by atoms with Crippen molar-refractivity contribution in [2.75, 3.05) is 0 Å². The quantitative estimate of drug-likeness (QED) is 0.730. The summed E-state index contributed by atoms with van der Waals surface area (Å²) in [6.07, 6.45) is 0. The molecule has 0 unspecified atom stereocenters. The molecule has 2 rings (SSSR count). The van der Waals surface area contributed by atoms with Crippen molar-refractivity contribution >= 4 is 39.1 Å². The summed E-state index contributed by atoms with van der Waals surface area (Å²) in [5.74, 6) is 1.10. The van der Waals surface area contributed by atoms with Gasteiger partial charge in [0.15, 0.2) is 0 Å². The van der Waals surface area contributed by atoms with Gasteiger partial charge in [-0.25, -0.2) is 0 Å². The van der Waals surface area contributed by atoms with Crippen LogP contribution in [0.3, 0.4) is 0 Å². The van der Waals surface area contributed by atoms with Crippen LogP contribution >= 0.6 is 39.1 Å². The first-order chi connectivity index (χ1) is 8.60. The average Bonchev–Trinajstić information content (AvgIpc) is 2.33. The largest absolute Gasteiger partial charge is 0.456 e. The van der Waals surface area contributed by atoms with Crippen LogP contribution in [0.4, 0.5) is 0 Å². The van der Waals surface area contributed by atoms with Crippen LogP contribution in [0.1, 0.15) is 5.56 Å². The lowest BCUT2D eigenvalue weighted by atomic mass is 10.2. The smallest absolute Gasteiger partial charge is 0.146 e. The maximum Gasteiger partial charge on any atom is 0.146 e. The van der Waals surface area contributed by atoms with E-state index in [9.17, 15) is 0 Å². The Morgan fingerprint density at radius 2 is 1.89 bits per heavy atom. The highest BCUT2D eigenvalue weighted by molar-refractivity contribution is 9.10. The van der Waals surface area contributed by atoms with Crippen LogP contribution < -0.4 is 4.74 Å². The Labute approximate surface area is 123 Å². The van der Waals surface area contributed by atoms with Crippen LogP contribution in [0, 0.1) is 11.3 Å². The Kier molecular flexibility index (Phi) is 4.13. The van der Waals surface area contributed by atoms with Gasteiger partial charge in [0.25, 0.3) is 0 Å². The lowest BCUT2D eigenvalue weighted by molar-refractivity contribution is 0.482. The predicted octanol–water partition coefficient (Wildman–Crippen LogP) is 5.42. The Balaban J connectivity index is 2.29. The van der Waals surface area contributed by atoms with E-state index < -0.39 is 0 Å². The minimum atomic E-state index is 0.433. The van der Waals surface area contributed by atoms with Gasteiger partial charge in [-0.15, -0.1) is 0 Å². The maximum atomic E-state index is 8.82. The van der Waals surface area contributed by atoms with Crippen molar-refractivity contribution in [1.82, 2.24) is 0 Å². The zero-order valence-electron chi connectivity index (χ0n) is 8.95. The molecule has 0 saturated heterocycles. The molecular weight excluding hydrogens is 337 g/mol. The number of rotatable bonds is 2. The number of hydrogen-bond acceptors (Lipinski definition) is 2. The minimum absolute atomic E-state index is 0.433. The second-order valence-electron chi connectivity index (χ2n) is 3.43. The molecule has 0 N–H and O–H groups in total. The molecule has 0 heterocycles. The molecule has 0 aliphatic rings. The number of ether oxygens (including phenoxy) is 1. The number of nitriles is 1. The van der Waals surface area contributed by atoms with Gasteiger partial charge in [-0.2, -0.15) is 5.26 Å². The summed E-state index contributed by atoms with van der Waals surface area (Å²) in [7, 11) is 0. The third-order valence-corrected chi connectivity index (χ3v) is 3.37. The van der Waals surface area contributed by atoms with Crippen molar-refractivity contribution in [1.29, 1.82) is 5.26 Å². The highest BCUT2D eigenvalue weighted by Gasteiger charge is 2.06. The van der Waals surface area contributed by atoms with E-state index >= 15 is 0 Å². The third-order valence-electron chi connectivity index (χ3n) is 2.18. The summed E-state index contributed by atoms with van der Waals surface area (Å²) < 4.78 is 6.29. The van der Waals surface area contributed by atoms with E-state index in [1.165, 1.54) is 0 Å². The van der Waals surface area contributed by atoms with Gasteiger partial charge in [0, 0.05) is 9.50 Å². The molecular formula is C13H6BrCl2NO. The van der Waals surface area contributed by atoms with Crippen molar-refractivity contribution in [2.24, 2.45) is 0 Å². The first-order valence-corrected chi connectivity index (χ1v) is 6.47. The molecule has 0 aromatic heterocycles. The van der Waals surface area contributed by atoms with Crippen LogP contribution in [-0.2, 0) is 0 Å². The number of halogens is 3. The SMILES string of the molecule is N#Cc1ccc(Oc2ccc(Cl)cc2Cl)cc1Br. The summed E-state index contributed by atoms with van der Waals surface area (Å²) in [5.41, 5.74) is 0.546. The highest BCUT2D eigenvalue weighted by Crippen LogP contribution is 2.33. The Hall–Kier alpha value is -1.21. The molecule has 5 heteroatoms. The maximum absolute atomic E-state index is 8.82. The van der Waals surface area contributed by atoms with Gasteiger partial charge >= 0.3 is 0 Å². The lowest BCUT2D eigenvalue weighted by Gasteiger charge is -2.08. The van der Waals surface area contributed by atoms with Gasteiger partial charge in [0.2, 0.25) is 0 Å². The first-order valence-electron chi connectivity index (χ1n) is 4.92. The molecule has 2 nitrogen and oxygen atoms in total. The van der Waals surface area contributed by atoms with Gasteiger partial charge in [-0.1, -0.05) is 23.2 Å². The summed E-state index contributed by atoms with van der Waals surface area (Å²) in [6, 6.07) is 12.1. The van der Waals surface area contributed by atoms with E-state index in [1.54, 1.807) is 36.4 Å². The van der Waals surface area contributed by atoms with Gasteiger partial charge in [0.05, 0.1) is 10.6 Å². The summed E-state index contributed by atoms with van der Waals surface area (Å²) >= 11 is 15.1. The Bertz CT molecular complexity index is 637. The molecule has 18 heavy (non-hydrogen) atoms. The molecule has 0 spiro atoms. The molecule has 0 bridgehead atoms. The van der Waals surface area contributed by atoms with E-state index in [1.807, 2.05) is 0 Å². The van der Waals surface area contributed by atoms with Crippen LogP contribution in [-0.4, -0.2) is 0 Å². The fraction of sp³-hybridized carbons (Fsp3) is 0. The molecule has 2 aromatic carbocycles. The molecule has 0 aliphatic heterocycles. The van der Waals surface area contributed by atoms with E-state index in [-0.39, 0.29) is 0 Å². The fourth-order valence-electron chi connectivity index (χ4n) is 1.33. The summed E-state index contributed by atoms with van der Waals surface area (Å²) in [5, 5.41) is 9.80. The molecule has 0 aliphatic carbocycles. The van der Waals surface area contributed by atoms with Crippen LogP contribution in [0.2, 0.25) is 10.0 Å². The van der Waals surface area contributed by atoms with Gasteiger partial charge in [-0.3, -0.25) is 0 Å². The Morgan fingerprint density at radius 3 is 2.50 bits per heavy atom. The molecule has 0 amide bonds. The summed E-state index contributed by atoms with van der Waals surface area (Å²) in [6.45, 7) is 0. The molecule has 0 atom stereocenters. The van der Waals surface area contributed by atoms with E-state index in [4.69, 9.17) is 33.2 Å². The average molecular weight is 343 g/mol. The number of benzene rings is 2. The summed E-state index contributed by atoms with van der Waals surface area (Å²) in [4.78, 5) is 0. The van der Waals surface area contributed by atoms with Crippen LogP contribution in [0.25, 0.3) is 0 Å². The molecule has 2 aromatic rings. The second kappa shape index (κ2) is 5.62. The second-order valence-corrected chi connectivity index (χ2v) is 5.13. The Morgan fingerprint density at radius 1 is 1.11 bits per heavy atom. The number of hydrogen-bond donors (Lipinski definition) is 0. The molecule has 90 valence electrons. The van der Waals surface area contributed by atoms with Crippen LogP contribution in [0.15, 0.2) is 40.9 Å². The standard InChI is InChI=1S/C13H6BrCl2NO/c14-11-6-10(3-1-8(11)7-17)18-13-4-2-9(15)5-12(13)16/h1-6H. The van der Waals surface area contributed by atoms with E-state index in [0.29, 0.717) is 31.6 Å². The van der Waals surface area contributed by atoms with Gasteiger partial charge in [0.1, 0.15) is 17.6 Å². The number of nitrogens with zero attached hydrogens (tertiary/aromatic N) is 1. The fourth-order valence-corrected chi connectivity index (χ4v) is 2.23. The van der Waals surface area contributed by atoms with Gasteiger partial charge in [-0.05, 0) is 52.3 Å². The zero-order chi connectivity index (χ0) is 13.1. The topological polar surface area (TPSA) is 33.0 Å². The van der Waals surface area contributed by atoms with Crippen molar-refractivity contribution in [3.05, 3.63) is 56.5 Å². The highest BCUT2D eigenvalue weighted by atomic mass is 79.9. The lowest BCUT2D eigenvalue weighted by Crippen LogP contribution is -1.86.